The molecule has 1 heterocycles. The summed E-state index contributed by atoms with van der Waals surface area (Å²) < 4.78 is 1.01. The zero-order valence-electron chi connectivity index (χ0n) is 9.02. The van der Waals surface area contributed by atoms with Crippen LogP contribution in [0.3, 0.4) is 0 Å². The second kappa shape index (κ2) is 4.06. The molecule has 0 aliphatic carbocycles. The van der Waals surface area contributed by atoms with Crippen LogP contribution < -0.4 is 0 Å². The Morgan fingerprint density at radius 3 is 2.56 bits per heavy atom. The number of rotatable bonds is 2. The predicted octanol–water partition coefficient (Wildman–Crippen LogP) is 3.17. The fraction of sp³-hybridized carbons (Fsp3) is 0.167. The quantitative estimate of drug-likeness (QED) is 0.640. The Balaban J connectivity index is 2.63. The maximum atomic E-state index is 11.4. The minimum atomic E-state index is -0.168. The first kappa shape index (κ1) is 10.8. The van der Waals surface area contributed by atoms with Gasteiger partial charge in [-0.15, -0.1) is 11.3 Å². The van der Waals surface area contributed by atoms with Crippen molar-refractivity contribution in [2.75, 3.05) is 0 Å². The Hall–Kier alpha value is -1.68. The van der Waals surface area contributed by atoms with Gasteiger partial charge in [-0.2, -0.15) is 0 Å². The van der Waals surface area contributed by atoms with Gasteiger partial charge in [-0.05, 0) is 26.0 Å². The van der Waals surface area contributed by atoms with Crippen LogP contribution in [0.4, 0.5) is 0 Å². The average Bonchev–Trinajstić information content (AvgIpc) is 2.58. The minimum Gasteiger partial charge on any atom is -0.512 e. The third-order valence-electron chi connectivity index (χ3n) is 2.22. The van der Waals surface area contributed by atoms with E-state index in [1.807, 2.05) is 24.3 Å². The minimum absolute atomic E-state index is 0.0200. The number of nitrogens with zero attached hydrogens (tertiary/aromatic N) is 1. The number of thiazole rings is 1. The first-order valence-electron chi connectivity index (χ1n) is 4.86. The van der Waals surface area contributed by atoms with Gasteiger partial charge in [-0.3, -0.25) is 4.79 Å². The van der Waals surface area contributed by atoms with Gasteiger partial charge < -0.3 is 5.11 Å². The molecule has 0 saturated carbocycles. The highest BCUT2D eigenvalue weighted by Crippen LogP contribution is 2.28. The fourth-order valence-corrected chi connectivity index (χ4v) is 2.65. The van der Waals surface area contributed by atoms with E-state index in [1.165, 1.54) is 25.2 Å². The molecule has 0 saturated heterocycles. The fourth-order valence-electron chi connectivity index (χ4n) is 1.54. The zero-order chi connectivity index (χ0) is 11.7. The van der Waals surface area contributed by atoms with Crippen molar-refractivity contribution in [3.8, 4) is 0 Å². The number of aliphatic hydroxyl groups is 1. The molecule has 0 spiro atoms. The van der Waals surface area contributed by atoms with E-state index in [0.29, 0.717) is 10.6 Å². The molecule has 0 aliphatic rings. The number of ketones is 1. The van der Waals surface area contributed by atoms with Gasteiger partial charge in [0.1, 0.15) is 10.8 Å². The topological polar surface area (TPSA) is 50.2 Å². The van der Waals surface area contributed by atoms with Crippen molar-refractivity contribution in [3.63, 3.8) is 0 Å². The highest BCUT2D eigenvalue weighted by molar-refractivity contribution is 7.19. The molecule has 1 aromatic carbocycles. The molecule has 16 heavy (non-hydrogen) atoms. The number of aromatic nitrogens is 1. The van der Waals surface area contributed by atoms with Crippen LogP contribution in [-0.2, 0) is 4.79 Å². The molecule has 1 aromatic heterocycles. The van der Waals surface area contributed by atoms with Crippen molar-refractivity contribution in [3.05, 3.63) is 35.0 Å². The number of allylic oxidation sites excluding steroid dienone is 2. The van der Waals surface area contributed by atoms with Crippen LogP contribution in [0.25, 0.3) is 15.8 Å². The lowest BCUT2D eigenvalue weighted by molar-refractivity contribution is -0.111. The largest absolute Gasteiger partial charge is 0.512 e. The third-order valence-corrected chi connectivity index (χ3v) is 3.28. The van der Waals surface area contributed by atoms with Gasteiger partial charge in [0.25, 0.3) is 0 Å². The number of hydrogen-bond acceptors (Lipinski definition) is 4. The number of Topliss-reactive ketones (excluding diaryl/α,β-unsaturated/α-hetero) is 1. The summed E-state index contributed by atoms with van der Waals surface area (Å²) in [4.78, 5) is 15.7. The second-order valence-electron chi connectivity index (χ2n) is 3.50. The molecule has 2 aromatic rings. The monoisotopic (exact) mass is 233 g/mol. The van der Waals surface area contributed by atoms with E-state index in [1.54, 1.807) is 0 Å². The summed E-state index contributed by atoms with van der Waals surface area (Å²) in [6.45, 7) is 2.93. The van der Waals surface area contributed by atoms with Crippen molar-refractivity contribution in [1.82, 2.24) is 4.98 Å². The summed E-state index contributed by atoms with van der Waals surface area (Å²) >= 11 is 1.41. The first-order valence-corrected chi connectivity index (χ1v) is 5.68. The molecule has 0 unspecified atom stereocenters. The molecule has 4 heteroatoms. The van der Waals surface area contributed by atoms with Gasteiger partial charge in [-0.25, -0.2) is 4.98 Å². The van der Waals surface area contributed by atoms with Gasteiger partial charge in [0.2, 0.25) is 0 Å². The second-order valence-corrected chi connectivity index (χ2v) is 4.53. The summed E-state index contributed by atoms with van der Waals surface area (Å²) in [5, 5.41) is 10.1. The normalized spacial score (nSPS) is 12.6. The van der Waals surface area contributed by atoms with E-state index < -0.39 is 0 Å². The van der Waals surface area contributed by atoms with Gasteiger partial charge in [0.15, 0.2) is 5.78 Å². The van der Waals surface area contributed by atoms with E-state index in [0.717, 1.165) is 10.2 Å². The van der Waals surface area contributed by atoms with E-state index >= 15 is 0 Å². The van der Waals surface area contributed by atoms with E-state index in [9.17, 15) is 9.90 Å². The summed E-state index contributed by atoms with van der Waals surface area (Å²) in [7, 11) is 0. The highest BCUT2D eigenvalue weighted by atomic mass is 32.1. The first-order chi connectivity index (χ1) is 7.59. The van der Waals surface area contributed by atoms with Crippen molar-refractivity contribution < 1.29 is 9.90 Å². The number of carbonyl (C=O) groups is 1. The SMILES string of the molecule is CC(=O)/C(=C(\C)O)c1nc2ccccc2s1. The maximum absolute atomic E-state index is 11.4. The standard InChI is InChI=1S/C12H11NO2S/c1-7(14)11(8(2)15)12-13-9-5-3-4-6-10(9)16-12/h3-6,14H,1-2H3/b11-7-. The summed E-state index contributed by atoms with van der Waals surface area (Å²) in [6.07, 6.45) is 0. The Morgan fingerprint density at radius 2 is 2.00 bits per heavy atom. The van der Waals surface area contributed by atoms with Crippen LogP contribution >= 0.6 is 11.3 Å². The lowest BCUT2D eigenvalue weighted by Gasteiger charge is -1.99. The Bertz CT molecular complexity index is 546. The van der Waals surface area contributed by atoms with Crippen LogP contribution in [-0.4, -0.2) is 15.9 Å². The predicted molar refractivity (Wildman–Crippen MR) is 65.5 cm³/mol. The van der Waals surface area contributed by atoms with E-state index in [2.05, 4.69) is 4.98 Å². The zero-order valence-corrected chi connectivity index (χ0v) is 9.84. The van der Waals surface area contributed by atoms with Gasteiger partial charge in [-0.1, -0.05) is 12.1 Å². The highest BCUT2D eigenvalue weighted by Gasteiger charge is 2.15. The lowest BCUT2D eigenvalue weighted by atomic mass is 10.2. The molecule has 82 valence electrons. The molecule has 1 N–H and O–H groups in total. The van der Waals surface area contributed by atoms with Gasteiger partial charge in [0, 0.05) is 0 Å². The summed E-state index contributed by atoms with van der Waals surface area (Å²) in [5.41, 5.74) is 1.16. The summed E-state index contributed by atoms with van der Waals surface area (Å²) in [6, 6.07) is 7.66. The molecule has 2 rings (SSSR count). The molecule has 0 aliphatic heterocycles. The number of carbonyl (C=O) groups excluding carboxylic acids is 1. The molecule has 0 bridgehead atoms. The molecule has 3 nitrogen and oxygen atoms in total. The van der Waals surface area contributed by atoms with Crippen molar-refractivity contribution in [2.45, 2.75) is 13.8 Å². The maximum Gasteiger partial charge on any atom is 0.166 e. The van der Waals surface area contributed by atoms with Crippen LogP contribution in [0.2, 0.25) is 0 Å². The molecule has 0 fully saturated rings. The van der Waals surface area contributed by atoms with Gasteiger partial charge >= 0.3 is 0 Å². The van der Waals surface area contributed by atoms with Gasteiger partial charge in [0.05, 0.1) is 15.8 Å². The third kappa shape index (κ3) is 1.84. The summed E-state index contributed by atoms with van der Waals surface area (Å²) in [5.74, 6) is -0.148. The van der Waals surface area contributed by atoms with Crippen LogP contribution in [0.5, 0.6) is 0 Å². The van der Waals surface area contributed by atoms with Crippen molar-refractivity contribution in [1.29, 1.82) is 0 Å². The number of benzene rings is 1. The Labute approximate surface area is 97.1 Å². The number of fused-ring (bicyclic) bond motifs is 1. The van der Waals surface area contributed by atoms with Crippen LogP contribution in [0, 0.1) is 0 Å². The van der Waals surface area contributed by atoms with E-state index in [4.69, 9.17) is 0 Å². The van der Waals surface area contributed by atoms with E-state index in [-0.39, 0.29) is 11.5 Å². The lowest BCUT2D eigenvalue weighted by Crippen LogP contribution is -1.98. The van der Waals surface area contributed by atoms with Crippen molar-refractivity contribution >= 4 is 32.9 Å². The molecule has 0 amide bonds. The van der Waals surface area contributed by atoms with Crippen LogP contribution in [0.1, 0.15) is 18.9 Å². The van der Waals surface area contributed by atoms with Crippen molar-refractivity contribution in [2.24, 2.45) is 0 Å². The number of hydrogen-bond donors (Lipinski definition) is 1. The molecular formula is C12H11NO2S. The number of para-hydroxylation sites is 1. The van der Waals surface area contributed by atoms with Crippen LogP contribution in [0.15, 0.2) is 30.0 Å². The number of aliphatic hydroxyl groups excluding tert-OH is 1. The average molecular weight is 233 g/mol. The molecular weight excluding hydrogens is 222 g/mol. The molecule has 0 atom stereocenters. The Kier molecular flexibility index (Phi) is 2.75. The Morgan fingerprint density at radius 1 is 1.31 bits per heavy atom. The molecule has 0 radical (unpaired) electrons. The smallest absolute Gasteiger partial charge is 0.166 e.